The van der Waals surface area contributed by atoms with Crippen LogP contribution in [0.5, 0.6) is 0 Å². The van der Waals surface area contributed by atoms with Gasteiger partial charge in [0.05, 0.1) is 0 Å². The summed E-state index contributed by atoms with van der Waals surface area (Å²) in [4.78, 5) is 12.1. The molecule has 0 aliphatic rings. The van der Waals surface area contributed by atoms with Crippen LogP contribution in [0, 0.1) is 6.07 Å². The van der Waals surface area contributed by atoms with Gasteiger partial charge in [-0.1, -0.05) is 12.1 Å². The predicted molar refractivity (Wildman–Crippen MR) is 73.1 cm³/mol. The average Bonchev–Trinajstić information content (AvgIpc) is 2.39. The summed E-state index contributed by atoms with van der Waals surface area (Å²) in [7, 11) is 0. The SMILES string of the molecule is CC(=O)c1cc[c]c(-c2ccc([S+](C)[O-])cc2)c1. The third-order valence-electron chi connectivity index (χ3n) is 2.71. The van der Waals surface area contributed by atoms with Gasteiger partial charge in [0.2, 0.25) is 0 Å². The first-order chi connectivity index (χ1) is 8.58. The number of benzene rings is 2. The second-order valence-corrected chi connectivity index (χ2v) is 5.41. The molecule has 2 aromatic carbocycles. The van der Waals surface area contributed by atoms with E-state index in [0.29, 0.717) is 5.56 Å². The summed E-state index contributed by atoms with van der Waals surface area (Å²) in [6.45, 7) is 1.54. The van der Waals surface area contributed by atoms with Gasteiger partial charge in [-0.15, -0.1) is 0 Å². The highest BCUT2D eigenvalue weighted by molar-refractivity contribution is 7.90. The molecule has 0 spiro atoms. The molecule has 0 aromatic heterocycles. The zero-order chi connectivity index (χ0) is 13.1. The lowest BCUT2D eigenvalue weighted by atomic mass is 10.0. The topological polar surface area (TPSA) is 40.1 Å². The summed E-state index contributed by atoms with van der Waals surface area (Å²) in [6.07, 6.45) is 1.65. The summed E-state index contributed by atoms with van der Waals surface area (Å²) in [5.74, 6) is 0.0385. The molecule has 1 unspecified atom stereocenters. The van der Waals surface area contributed by atoms with E-state index in [9.17, 15) is 9.35 Å². The molecule has 2 rings (SSSR count). The smallest absolute Gasteiger partial charge is 0.159 e. The standard InChI is InChI=1S/C15H13O2S/c1-11(16)13-4-3-5-14(10-13)12-6-8-15(9-7-12)18(2)17/h3-4,6-10H,1-2H3. The van der Waals surface area contributed by atoms with Crippen LogP contribution in [0.25, 0.3) is 11.1 Å². The highest BCUT2D eigenvalue weighted by Gasteiger charge is 2.06. The number of rotatable bonds is 3. The van der Waals surface area contributed by atoms with Crippen molar-refractivity contribution in [2.45, 2.75) is 11.8 Å². The first-order valence-corrected chi connectivity index (χ1v) is 7.10. The van der Waals surface area contributed by atoms with E-state index in [1.54, 1.807) is 25.3 Å². The molecule has 0 amide bonds. The third kappa shape index (κ3) is 2.81. The molecule has 0 bridgehead atoms. The Morgan fingerprint density at radius 1 is 1.22 bits per heavy atom. The second-order valence-electron chi connectivity index (χ2n) is 4.03. The minimum absolute atomic E-state index is 0.0385. The fourth-order valence-electron chi connectivity index (χ4n) is 1.68. The molecular formula is C15H13O2S. The van der Waals surface area contributed by atoms with E-state index in [1.807, 2.05) is 30.3 Å². The normalized spacial score (nSPS) is 12.2. The molecule has 1 atom stereocenters. The van der Waals surface area contributed by atoms with Crippen molar-refractivity contribution in [3.63, 3.8) is 0 Å². The van der Waals surface area contributed by atoms with Crippen LogP contribution in [-0.2, 0) is 11.2 Å². The Hall–Kier alpha value is -1.58. The van der Waals surface area contributed by atoms with Crippen molar-refractivity contribution >= 4 is 17.0 Å². The van der Waals surface area contributed by atoms with Crippen molar-refractivity contribution < 1.29 is 9.35 Å². The van der Waals surface area contributed by atoms with Crippen molar-refractivity contribution in [3.8, 4) is 11.1 Å². The summed E-state index contributed by atoms with van der Waals surface area (Å²) >= 11 is -0.970. The zero-order valence-electron chi connectivity index (χ0n) is 10.3. The Balaban J connectivity index is 2.36. The first-order valence-electron chi connectivity index (χ1n) is 5.54. The van der Waals surface area contributed by atoms with E-state index in [-0.39, 0.29) is 5.78 Å². The van der Waals surface area contributed by atoms with Gasteiger partial charge in [-0.25, -0.2) is 0 Å². The van der Waals surface area contributed by atoms with E-state index in [0.717, 1.165) is 16.0 Å². The second kappa shape index (κ2) is 5.38. The average molecular weight is 257 g/mol. The lowest BCUT2D eigenvalue weighted by Gasteiger charge is -2.06. The number of Topliss-reactive ketones (excluding diaryl/α,β-unsaturated/α-hetero) is 1. The van der Waals surface area contributed by atoms with Crippen molar-refractivity contribution in [2.75, 3.05) is 6.26 Å². The quantitative estimate of drug-likeness (QED) is 0.626. The minimum atomic E-state index is -0.970. The summed E-state index contributed by atoms with van der Waals surface area (Å²) < 4.78 is 11.3. The van der Waals surface area contributed by atoms with Gasteiger partial charge in [0.15, 0.2) is 10.7 Å². The van der Waals surface area contributed by atoms with Gasteiger partial charge in [0, 0.05) is 5.56 Å². The maximum atomic E-state index is 11.3. The number of carbonyl (C=O) groups excluding carboxylic acids is 1. The molecule has 18 heavy (non-hydrogen) atoms. The van der Waals surface area contributed by atoms with Gasteiger partial charge in [-0.2, -0.15) is 0 Å². The van der Waals surface area contributed by atoms with Crippen LogP contribution in [0.3, 0.4) is 0 Å². The maximum absolute atomic E-state index is 11.3. The van der Waals surface area contributed by atoms with Crippen molar-refractivity contribution in [1.29, 1.82) is 0 Å². The number of carbonyl (C=O) groups is 1. The van der Waals surface area contributed by atoms with E-state index in [2.05, 4.69) is 6.07 Å². The number of ketones is 1. The monoisotopic (exact) mass is 257 g/mol. The van der Waals surface area contributed by atoms with Crippen LogP contribution in [0.2, 0.25) is 0 Å². The summed E-state index contributed by atoms with van der Waals surface area (Å²) in [6, 6.07) is 15.9. The largest absolute Gasteiger partial charge is 0.612 e. The molecule has 91 valence electrons. The number of hydrogen-bond acceptors (Lipinski definition) is 2. The van der Waals surface area contributed by atoms with Crippen LogP contribution in [0.4, 0.5) is 0 Å². The molecule has 0 fully saturated rings. The molecule has 1 radical (unpaired) electrons. The molecule has 2 nitrogen and oxygen atoms in total. The van der Waals surface area contributed by atoms with E-state index >= 15 is 0 Å². The Bertz CT molecular complexity index is 559. The molecule has 2 aromatic rings. The van der Waals surface area contributed by atoms with E-state index < -0.39 is 11.2 Å². The van der Waals surface area contributed by atoms with E-state index in [4.69, 9.17) is 0 Å². The molecule has 0 aliphatic carbocycles. The van der Waals surface area contributed by atoms with Crippen LogP contribution in [-0.4, -0.2) is 16.6 Å². The lowest BCUT2D eigenvalue weighted by Crippen LogP contribution is -1.96. The van der Waals surface area contributed by atoms with Crippen LogP contribution < -0.4 is 0 Å². The zero-order valence-corrected chi connectivity index (χ0v) is 11.1. The molecule has 0 aliphatic heterocycles. The van der Waals surface area contributed by atoms with Gasteiger partial charge < -0.3 is 4.55 Å². The third-order valence-corrected chi connectivity index (χ3v) is 3.64. The van der Waals surface area contributed by atoms with Crippen molar-refractivity contribution in [1.82, 2.24) is 0 Å². The van der Waals surface area contributed by atoms with Crippen LogP contribution >= 0.6 is 0 Å². The van der Waals surface area contributed by atoms with Gasteiger partial charge in [0.1, 0.15) is 6.26 Å². The Morgan fingerprint density at radius 2 is 1.89 bits per heavy atom. The molecule has 0 N–H and O–H groups in total. The molecule has 3 heteroatoms. The van der Waals surface area contributed by atoms with E-state index in [1.165, 1.54) is 0 Å². The molecule has 0 heterocycles. The highest BCUT2D eigenvalue weighted by Crippen LogP contribution is 2.22. The number of hydrogen-bond donors (Lipinski definition) is 0. The fourth-order valence-corrected chi connectivity index (χ4v) is 2.20. The van der Waals surface area contributed by atoms with Gasteiger partial charge in [-0.3, -0.25) is 4.79 Å². The highest BCUT2D eigenvalue weighted by atomic mass is 32.2. The first kappa shape index (κ1) is 12.9. The van der Waals surface area contributed by atoms with Gasteiger partial charge in [-0.05, 0) is 65.6 Å². The fraction of sp³-hybridized carbons (Fsp3) is 0.133. The van der Waals surface area contributed by atoms with Crippen LogP contribution in [0.1, 0.15) is 17.3 Å². The maximum Gasteiger partial charge on any atom is 0.159 e. The summed E-state index contributed by atoms with van der Waals surface area (Å²) in [5.41, 5.74) is 2.51. The van der Waals surface area contributed by atoms with Gasteiger partial charge in [0.25, 0.3) is 0 Å². The molecule has 0 saturated heterocycles. The Kier molecular flexibility index (Phi) is 3.84. The minimum Gasteiger partial charge on any atom is -0.612 e. The molecular weight excluding hydrogens is 244 g/mol. The molecule has 0 saturated carbocycles. The van der Waals surface area contributed by atoms with Crippen molar-refractivity contribution in [2.24, 2.45) is 0 Å². The van der Waals surface area contributed by atoms with Crippen molar-refractivity contribution in [3.05, 3.63) is 54.1 Å². The predicted octanol–water partition coefficient (Wildman–Crippen LogP) is 3.09. The Labute approximate surface area is 110 Å². The summed E-state index contributed by atoms with van der Waals surface area (Å²) in [5, 5.41) is 0. The van der Waals surface area contributed by atoms with Gasteiger partial charge >= 0.3 is 0 Å². The Morgan fingerprint density at radius 3 is 2.44 bits per heavy atom. The lowest BCUT2D eigenvalue weighted by molar-refractivity contribution is 0.101. The van der Waals surface area contributed by atoms with Crippen LogP contribution in [0.15, 0.2) is 47.4 Å².